The van der Waals surface area contributed by atoms with Gasteiger partial charge < -0.3 is 11.1 Å². The lowest BCUT2D eigenvalue weighted by atomic mass is 9.95. The summed E-state index contributed by atoms with van der Waals surface area (Å²) in [6.45, 7) is 0.518. The van der Waals surface area contributed by atoms with Crippen molar-refractivity contribution >= 4 is 5.91 Å². The van der Waals surface area contributed by atoms with Crippen LogP contribution in [0.5, 0.6) is 0 Å². The molecule has 0 bridgehead atoms. The van der Waals surface area contributed by atoms with Gasteiger partial charge in [0, 0.05) is 18.2 Å². The normalized spacial score (nSPS) is 16.8. The second kappa shape index (κ2) is 5.82. The Morgan fingerprint density at radius 3 is 2.41 bits per heavy atom. The highest BCUT2D eigenvalue weighted by molar-refractivity contribution is 5.94. The molecule has 0 atom stereocenters. The number of rotatable bonds is 3. The van der Waals surface area contributed by atoms with Crippen molar-refractivity contribution in [3.05, 3.63) is 35.4 Å². The molecule has 1 amide bonds. The van der Waals surface area contributed by atoms with Gasteiger partial charge in [-0.3, -0.25) is 4.79 Å². The van der Waals surface area contributed by atoms with Gasteiger partial charge in [0.25, 0.3) is 5.91 Å². The Labute approximate surface area is 102 Å². The molecule has 0 aliphatic heterocycles. The molecule has 92 valence electrons. The zero-order valence-corrected chi connectivity index (χ0v) is 10.1. The van der Waals surface area contributed by atoms with Crippen LogP contribution in [0.4, 0.5) is 0 Å². The van der Waals surface area contributed by atoms with Crippen LogP contribution in [0, 0.1) is 0 Å². The molecule has 1 fully saturated rings. The minimum absolute atomic E-state index is 0.0421. The smallest absolute Gasteiger partial charge is 0.251 e. The maximum absolute atomic E-state index is 12.0. The molecule has 1 aromatic rings. The third kappa shape index (κ3) is 3.30. The van der Waals surface area contributed by atoms with Gasteiger partial charge in [0.05, 0.1) is 0 Å². The van der Waals surface area contributed by atoms with E-state index in [1.165, 1.54) is 19.3 Å². The Morgan fingerprint density at radius 1 is 1.18 bits per heavy atom. The van der Waals surface area contributed by atoms with Gasteiger partial charge in [-0.1, -0.05) is 31.4 Å². The number of carbonyl (C=O) groups is 1. The number of benzene rings is 1. The van der Waals surface area contributed by atoms with E-state index in [9.17, 15) is 4.79 Å². The van der Waals surface area contributed by atoms with Gasteiger partial charge in [0.2, 0.25) is 0 Å². The van der Waals surface area contributed by atoms with Crippen LogP contribution >= 0.6 is 0 Å². The largest absolute Gasteiger partial charge is 0.349 e. The molecule has 3 heteroatoms. The molecule has 0 radical (unpaired) electrons. The predicted molar refractivity (Wildman–Crippen MR) is 68.7 cm³/mol. The van der Waals surface area contributed by atoms with Crippen molar-refractivity contribution in [2.45, 2.75) is 44.7 Å². The van der Waals surface area contributed by atoms with Crippen LogP contribution in [0.3, 0.4) is 0 Å². The fourth-order valence-corrected chi connectivity index (χ4v) is 2.31. The molecule has 0 heterocycles. The van der Waals surface area contributed by atoms with Crippen molar-refractivity contribution in [3.8, 4) is 0 Å². The minimum Gasteiger partial charge on any atom is -0.349 e. The van der Waals surface area contributed by atoms with Crippen molar-refractivity contribution in [2.24, 2.45) is 5.73 Å². The number of nitrogens with one attached hydrogen (secondary N) is 1. The zero-order valence-electron chi connectivity index (χ0n) is 10.1. The summed E-state index contributed by atoms with van der Waals surface area (Å²) in [4.78, 5) is 12.0. The lowest BCUT2D eigenvalue weighted by Gasteiger charge is -2.22. The molecule has 17 heavy (non-hydrogen) atoms. The summed E-state index contributed by atoms with van der Waals surface area (Å²) < 4.78 is 0. The van der Waals surface area contributed by atoms with E-state index in [1.807, 2.05) is 24.3 Å². The van der Waals surface area contributed by atoms with E-state index in [-0.39, 0.29) is 5.91 Å². The average molecular weight is 232 g/mol. The number of hydrogen-bond acceptors (Lipinski definition) is 2. The quantitative estimate of drug-likeness (QED) is 0.839. The number of hydrogen-bond donors (Lipinski definition) is 2. The first-order chi connectivity index (χ1) is 8.29. The Kier molecular flexibility index (Phi) is 4.15. The second-order valence-corrected chi connectivity index (χ2v) is 4.71. The third-order valence-electron chi connectivity index (χ3n) is 3.39. The van der Waals surface area contributed by atoms with E-state index in [1.54, 1.807) is 0 Å². The van der Waals surface area contributed by atoms with E-state index in [0.717, 1.165) is 24.0 Å². The van der Waals surface area contributed by atoms with Crippen LogP contribution in [0.2, 0.25) is 0 Å². The highest BCUT2D eigenvalue weighted by atomic mass is 16.1. The van der Waals surface area contributed by atoms with Gasteiger partial charge in [-0.2, -0.15) is 0 Å². The Bertz CT molecular complexity index is 366. The van der Waals surface area contributed by atoms with Crippen LogP contribution in [0.15, 0.2) is 24.3 Å². The van der Waals surface area contributed by atoms with Crippen molar-refractivity contribution in [2.75, 3.05) is 0 Å². The van der Waals surface area contributed by atoms with Gasteiger partial charge in [-0.25, -0.2) is 0 Å². The van der Waals surface area contributed by atoms with Crippen molar-refractivity contribution in [1.82, 2.24) is 5.32 Å². The summed E-state index contributed by atoms with van der Waals surface area (Å²) in [7, 11) is 0. The molecule has 1 aromatic carbocycles. The van der Waals surface area contributed by atoms with Crippen molar-refractivity contribution in [1.29, 1.82) is 0 Å². The minimum atomic E-state index is 0.0421. The van der Waals surface area contributed by atoms with E-state index >= 15 is 0 Å². The monoisotopic (exact) mass is 232 g/mol. The zero-order chi connectivity index (χ0) is 12.1. The van der Waals surface area contributed by atoms with E-state index in [4.69, 9.17) is 5.73 Å². The maximum Gasteiger partial charge on any atom is 0.251 e. The molecule has 2 rings (SSSR count). The SMILES string of the molecule is NCc1ccc(C(=O)NC2CCCCC2)cc1. The summed E-state index contributed by atoms with van der Waals surface area (Å²) in [6, 6.07) is 7.89. The third-order valence-corrected chi connectivity index (χ3v) is 3.39. The second-order valence-electron chi connectivity index (χ2n) is 4.71. The predicted octanol–water partition coefficient (Wildman–Crippen LogP) is 2.21. The molecule has 1 saturated carbocycles. The summed E-state index contributed by atoms with van der Waals surface area (Å²) in [5.74, 6) is 0.0421. The fourth-order valence-electron chi connectivity index (χ4n) is 2.31. The highest BCUT2D eigenvalue weighted by Crippen LogP contribution is 2.17. The number of amides is 1. The molecule has 0 spiro atoms. The standard InChI is InChI=1S/C14H20N2O/c15-10-11-6-8-12(9-7-11)14(17)16-13-4-2-1-3-5-13/h6-9,13H,1-5,10,15H2,(H,16,17). The van der Waals surface area contributed by atoms with Gasteiger partial charge in [-0.15, -0.1) is 0 Å². The van der Waals surface area contributed by atoms with E-state index in [0.29, 0.717) is 12.6 Å². The van der Waals surface area contributed by atoms with E-state index < -0.39 is 0 Å². The highest BCUT2D eigenvalue weighted by Gasteiger charge is 2.16. The van der Waals surface area contributed by atoms with Gasteiger partial charge >= 0.3 is 0 Å². The van der Waals surface area contributed by atoms with Crippen LogP contribution < -0.4 is 11.1 Å². The summed E-state index contributed by atoms with van der Waals surface area (Å²) >= 11 is 0. The molecule has 1 aliphatic rings. The van der Waals surface area contributed by atoms with Gasteiger partial charge in [0.1, 0.15) is 0 Å². The molecule has 0 saturated heterocycles. The molecule has 1 aliphatic carbocycles. The summed E-state index contributed by atoms with van der Waals surface area (Å²) in [6.07, 6.45) is 6.00. The summed E-state index contributed by atoms with van der Waals surface area (Å²) in [5.41, 5.74) is 7.31. The van der Waals surface area contributed by atoms with Crippen LogP contribution in [-0.4, -0.2) is 11.9 Å². The first kappa shape index (κ1) is 12.1. The van der Waals surface area contributed by atoms with Crippen LogP contribution in [-0.2, 0) is 6.54 Å². The first-order valence-electron chi connectivity index (χ1n) is 6.39. The first-order valence-corrected chi connectivity index (χ1v) is 6.39. The number of nitrogens with two attached hydrogens (primary N) is 1. The molecule has 0 unspecified atom stereocenters. The lowest BCUT2D eigenvalue weighted by Crippen LogP contribution is -2.36. The number of carbonyl (C=O) groups excluding carboxylic acids is 1. The molecular formula is C14H20N2O. The Balaban J connectivity index is 1.93. The Hall–Kier alpha value is -1.35. The van der Waals surface area contributed by atoms with Crippen molar-refractivity contribution in [3.63, 3.8) is 0 Å². The lowest BCUT2D eigenvalue weighted by molar-refractivity contribution is 0.0927. The van der Waals surface area contributed by atoms with Gasteiger partial charge in [-0.05, 0) is 30.5 Å². The molecule has 3 nitrogen and oxygen atoms in total. The molecule has 0 aromatic heterocycles. The molecule has 3 N–H and O–H groups in total. The van der Waals surface area contributed by atoms with Crippen LogP contribution in [0.25, 0.3) is 0 Å². The maximum atomic E-state index is 12.0. The van der Waals surface area contributed by atoms with Gasteiger partial charge in [0.15, 0.2) is 0 Å². The summed E-state index contributed by atoms with van der Waals surface area (Å²) in [5, 5.41) is 3.10. The van der Waals surface area contributed by atoms with Crippen molar-refractivity contribution < 1.29 is 4.79 Å². The fraction of sp³-hybridized carbons (Fsp3) is 0.500. The molecular weight excluding hydrogens is 212 g/mol. The Morgan fingerprint density at radius 2 is 1.82 bits per heavy atom. The average Bonchev–Trinajstić information content (AvgIpc) is 2.40. The topological polar surface area (TPSA) is 55.1 Å². The van der Waals surface area contributed by atoms with E-state index in [2.05, 4.69) is 5.32 Å². The van der Waals surface area contributed by atoms with Crippen LogP contribution in [0.1, 0.15) is 48.0 Å².